The molecule has 0 unspecified atom stereocenters. The van der Waals surface area contributed by atoms with Gasteiger partial charge in [-0.05, 0) is 49.3 Å². The van der Waals surface area contributed by atoms with Crippen LogP contribution in [0.5, 0.6) is 0 Å². The molecule has 1 aliphatic carbocycles. The summed E-state index contributed by atoms with van der Waals surface area (Å²) in [5.41, 5.74) is 0.834. The Morgan fingerprint density at radius 3 is 2.46 bits per heavy atom. The molecule has 1 saturated heterocycles. The van der Waals surface area contributed by atoms with Crippen LogP contribution in [-0.2, 0) is 18.5 Å². The lowest BCUT2D eigenvalue weighted by Crippen LogP contribution is -2.49. The summed E-state index contributed by atoms with van der Waals surface area (Å²) in [6.45, 7) is 4.51. The van der Waals surface area contributed by atoms with Crippen molar-refractivity contribution in [2.24, 2.45) is 7.05 Å². The molecule has 28 heavy (non-hydrogen) atoms. The summed E-state index contributed by atoms with van der Waals surface area (Å²) in [4.78, 5) is 16.4. The summed E-state index contributed by atoms with van der Waals surface area (Å²) in [6.07, 6.45) is 2.23. The minimum atomic E-state index is -0.270. The smallest absolute Gasteiger partial charge is 0.234 e. The average molecular weight is 405 g/mol. The Morgan fingerprint density at radius 1 is 1.18 bits per heavy atom. The minimum Gasteiger partial charge on any atom is -0.352 e. The Morgan fingerprint density at radius 2 is 1.82 bits per heavy atom. The van der Waals surface area contributed by atoms with Crippen molar-refractivity contribution in [1.29, 1.82) is 0 Å². The first kappa shape index (κ1) is 19.2. The van der Waals surface area contributed by atoms with Gasteiger partial charge < -0.3 is 9.88 Å². The zero-order valence-electron chi connectivity index (χ0n) is 16.0. The molecule has 2 heterocycles. The minimum absolute atomic E-state index is 0.131. The van der Waals surface area contributed by atoms with Crippen molar-refractivity contribution in [3.8, 4) is 11.4 Å². The predicted molar refractivity (Wildman–Crippen MR) is 107 cm³/mol. The lowest BCUT2D eigenvalue weighted by molar-refractivity contribution is -0.122. The molecule has 1 aliphatic heterocycles. The van der Waals surface area contributed by atoms with Crippen LogP contribution in [0.1, 0.15) is 12.8 Å². The zero-order chi connectivity index (χ0) is 19.7. The fourth-order valence-corrected chi connectivity index (χ4v) is 3.60. The molecule has 4 rings (SSSR count). The van der Waals surface area contributed by atoms with Crippen LogP contribution >= 0.6 is 12.2 Å². The molecular weight excluding hydrogens is 379 g/mol. The summed E-state index contributed by atoms with van der Waals surface area (Å²) < 4.78 is 17.5. The van der Waals surface area contributed by atoms with Crippen LogP contribution in [0.4, 0.5) is 4.39 Å². The molecular formula is C19H25FN6OS. The molecule has 7 nitrogen and oxygen atoms in total. The van der Waals surface area contributed by atoms with Crippen molar-refractivity contribution in [2.45, 2.75) is 25.6 Å². The standard InChI is InChI=1S/C19H25FN6OS/c1-23-18(14-2-4-15(20)5-3-14)22-26(19(23)28)13-25-10-8-24(9-11-25)12-17(27)21-16-6-7-16/h2-5,16H,6-13H2,1H3,(H,21,27). The van der Waals surface area contributed by atoms with E-state index in [0.717, 1.165) is 50.4 Å². The molecule has 0 bridgehead atoms. The number of hydrogen-bond donors (Lipinski definition) is 1. The summed E-state index contributed by atoms with van der Waals surface area (Å²) in [5.74, 6) is 0.584. The molecule has 1 saturated carbocycles. The Bertz CT molecular complexity index is 896. The number of piperazine rings is 1. The zero-order valence-corrected chi connectivity index (χ0v) is 16.8. The van der Waals surface area contributed by atoms with Crippen LogP contribution in [0.15, 0.2) is 24.3 Å². The SMILES string of the molecule is Cn1c(-c2ccc(F)cc2)nn(CN2CCN(CC(=O)NC3CC3)CC2)c1=S. The molecule has 2 aliphatic rings. The number of nitrogens with one attached hydrogen (secondary N) is 1. The van der Waals surface area contributed by atoms with Crippen molar-refractivity contribution in [3.05, 3.63) is 34.9 Å². The number of aromatic nitrogens is 3. The highest BCUT2D eigenvalue weighted by Crippen LogP contribution is 2.19. The third-order valence-corrected chi connectivity index (χ3v) is 5.74. The number of carbonyl (C=O) groups excluding carboxylic acids is 1. The van der Waals surface area contributed by atoms with Gasteiger partial charge >= 0.3 is 0 Å². The van der Waals surface area contributed by atoms with E-state index in [1.807, 2.05) is 16.3 Å². The second-order valence-corrected chi connectivity index (χ2v) is 7.91. The van der Waals surface area contributed by atoms with Crippen molar-refractivity contribution >= 4 is 18.1 Å². The molecule has 0 radical (unpaired) electrons. The topological polar surface area (TPSA) is 58.3 Å². The largest absolute Gasteiger partial charge is 0.352 e. The molecule has 9 heteroatoms. The van der Waals surface area contributed by atoms with Crippen LogP contribution in [0.2, 0.25) is 0 Å². The van der Waals surface area contributed by atoms with Crippen molar-refractivity contribution < 1.29 is 9.18 Å². The number of nitrogens with zero attached hydrogens (tertiary/aromatic N) is 5. The fraction of sp³-hybridized carbons (Fsp3) is 0.526. The van der Waals surface area contributed by atoms with E-state index in [1.54, 1.807) is 12.1 Å². The van der Waals surface area contributed by atoms with Crippen molar-refractivity contribution in [2.75, 3.05) is 32.7 Å². The van der Waals surface area contributed by atoms with Crippen LogP contribution in [0.3, 0.4) is 0 Å². The number of carbonyl (C=O) groups is 1. The van der Waals surface area contributed by atoms with Gasteiger partial charge in [0.2, 0.25) is 5.91 Å². The van der Waals surface area contributed by atoms with Gasteiger partial charge in [0.15, 0.2) is 10.6 Å². The van der Waals surface area contributed by atoms with Crippen molar-refractivity contribution in [3.63, 3.8) is 0 Å². The van der Waals surface area contributed by atoms with Gasteiger partial charge in [-0.15, -0.1) is 0 Å². The molecule has 1 N–H and O–H groups in total. The van der Waals surface area contributed by atoms with Gasteiger partial charge in [0.1, 0.15) is 5.82 Å². The lowest BCUT2D eigenvalue weighted by atomic mass is 10.2. The van der Waals surface area contributed by atoms with Gasteiger partial charge in [0.05, 0.1) is 13.2 Å². The third kappa shape index (κ3) is 4.48. The summed E-state index contributed by atoms with van der Waals surface area (Å²) in [5, 5.41) is 7.68. The second kappa shape index (κ2) is 8.10. The average Bonchev–Trinajstić information content (AvgIpc) is 3.45. The number of benzene rings is 1. The van der Waals surface area contributed by atoms with E-state index < -0.39 is 0 Å². The van der Waals surface area contributed by atoms with Gasteiger partial charge in [-0.1, -0.05) is 0 Å². The van der Waals surface area contributed by atoms with E-state index in [0.29, 0.717) is 24.0 Å². The number of hydrogen-bond acceptors (Lipinski definition) is 5. The van der Waals surface area contributed by atoms with Gasteiger partial charge in [0.25, 0.3) is 0 Å². The van der Waals surface area contributed by atoms with E-state index >= 15 is 0 Å². The number of amides is 1. The highest BCUT2D eigenvalue weighted by molar-refractivity contribution is 7.71. The highest BCUT2D eigenvalue weighted by atomic mass is 32.1. The number of rotatable bonds is 6. The quantitative estimate of drug-likeness (QED) is 0.742. The summed E-state index contributed by atoms with van der Waals surface area (Å²) in [6, 6.07) is 6.69. The Kier molecular flexibility index (Phi) is 5.56. The highest BCUT2D eigenvalue weighted by Gasteiger charge is 2.25. The molecule has 0 atom stereocenters. The Labute approximate surface area is 168 Å². The van der Waals surface area contributed by atoms with E-state index in [-0.39, 0.29) is 11.7 Å². The maximum atomic E-state index is 13.2. The number of halogens is 1. The van der Waals surface area contributed by atoms with Gasteiger partial charge in [-0.2, -0.15) is 5.10 Å². The third-order valence-electron chi connectivity index (χ3n) is 5.25. The second-order valence-electron chi connectivity index (χ2n) is 7.55. The summed E-state index contributed by atoms with van der Waals surface area (Å²) >= 11 is 5.53. The van der Waals surface area contributed by atoms with E-state index in [2.05, 4.69) is 20.2 Å². The normalized spacial score (nSPS) is 18.4. The molecule has 150 valence electrons. The van der Waals surface area contributed by atoms with E-state index in [4.69, 9.17) is 12.2 Å². The van der Waals surface area contributed by atoms with Gasteiger partial charge in [-0.25, -0.2) is 9.07 Å². The van der Waals surface area contributed by atoms with Gasteiger partial charge in [-0.3, -0.25) is 14.6 Å². The molecule has 0 spiro atoms. The first-order valence-electron chi connectivity index (χ1n) is 9.63. The molecule has 1 aromatic heterocycles. The first-order chi connectivity index (χ1) is 13.5. The molecule has 2 fully saturated rings. The lowest BCUT2D eigenvalue weighted by Gasteiger charge is -2.33. The van der Waals surface area contributed by atoms with Crippen LogP contribution in [0.25, 0.3) is 11.4 Å². The first-order valence-corrected chi connectivity index (χ1v) is 10.0. The molecule has 2 aromatic rings. The maximum absolute atomic E-state index is 13.2. The predicted octanol–water partition coefficient (Wildman–Crippen LogP) is 1.61. The van der Waals surface area contributed by atoms with Gasteiger partial charge in [0, 0.05) is 44.8 Å². The fourth-order valence-electron chi connectivity index (χ4n) is 3.41. The summed E-state index contributed by atoms with van der Waals surface area (Å²) in [7, 11) is 1.88. The molecule has 1 aromatic carbocycles. The monoisotopic (exact) mass is 404 g/mol. The van der Waals surface area contributed by atoms with E-state index in [9.17, 15) is 9.18 Å². The van der Waals surface area contributed by atoms with Crippen molar-refractivity contribution in [1.82, 2.24) is 29.5 Å². The van der Waals surface area contributed by atoms with Crippen LogP contribution < -0.4 is 5.32 Å². The van der Waals surface area contributed by atoms with E-state index in [1.165, 1.54) is 12.1 Å². The molecule has 1 amide bonds. The Balaban J connectivity index is 1.35. The van der Waals surface area contributed by atoms with Crippen LogP contribution in [0, 0.1) is 10.6 Å². The maximum Gasteiger partial charge on any atom is 0.234 e. The van der Waals surface area contributed by atoms with Crippen LogP contribution in [-0.4, -0.2) is 68.8 Å². The Hall–Kier alpha value is -2.10.